The molecule has 8 heteroatoms. The Morgan fingerprint density at radius 1 is 0.955 bits per heavy atom. The average molecular weight is 592 g/mol. The van der Waals surface area contributed by atoms with Gasteiger partial charge in [0.1, 0.15) is 0 Å². The van der Waals surface area contributed by atoms with Crippen molar-refractivity contribution >= 4 is 29.2 Å². The summed E-state index contributed by atoms with van der Waals surface area (Å²) >= 11 is 0. The van der Waals surface area contributed by atoms with Crippen LogP contribution < -0.4 is 16.2 Å². The van der Waals surface area contributed by atoms with E-state index in [1.165, 1.54) is 11.7 Å². The molecule has 4 rings (SSSR count). The van der Waals surface area contributed by atoms with Crippen LogP contribution in [0.2, 0.25) is 0 Å². The van der Waals surface area contributed by atoms with Crippen molar-refractivity contribution in [3.8, 4) is 11.1 Å². The maximum Gasteiger partial charge on any atom is 0.339 e. The van der Waals surface area contributed by atoms with Crippen molar-refractivity contribution in [3.63, 3.8) is 0 Å². The summed E-state index contributed by atoms with van der Waals surface area (Å²) in [7, 11) is 2.95. The molecule has 44 heavy (non-hydrogen) atoms. The number of amides is 2. The summed E-state index contributed by atoms with van der Waals surface area (Å²) in [4.78, 5) is 50.6. The minimum absolute atomic E-state index is 0.00913. The second-order valence-electron chi connectivity index (χ2n) is 11.7. The van der Waals surface area contributed by atoms with Gasteiger partial charge in [-0.3, -0.25) is 14.4 Å². The molecule has 0 unspecified atom stereocenters. The fourth-order valence-corrected chi connectivity index (χ4v) is 4.95. The molecule has 0 radical (unpaired) electrons. The van der Waals surface area contributed by atoms with E-state index in [2.05, 4.69) is 38.0 Å². The van der Waals surface area contributed by atoms with Gasteiger partial charge >= 0.3 is 5.97 Å². The van der Waals surface area contributed by atoms with Crippen LogP contribution in [0.3, 0.4) is 0 Å². The van der Waals surface area contributed by atoms with Crippen molar-refractivity contribution in [2.75, 3.05) is 17.7 Å². The van der Waals surface area contributed by atoms with Gasteiger partial charge in [-0.1, -0.05) is 57.7 Å². The lowest BCUT2D eigenvalue weighted by Gasteiger charge is -2.19. The average Bonchev–Trinajstić information content (AvgIpc) is 2.99. The van der Waals surface area contributed by atoms with Crippen LogP contribution in [0.25, 0.3) is 11.1 Å². The summed E-state index contributed by atoms with van der Waals surface area (Å²) in [5, 5.41) is 5.67. The van der Waals surface area contributed by atoms with E-state index < -0.39 is 11.9 Å². The van der Waals surface area contributed by atoms with E-state index >= 15 is 0 Å². The van der Waals surface area contributed by atoms with Crippen LogP contribution in [0.4, 0.5) is 11.4 Å². The van der Waals surface area contributed by atoms with Gasteiger partial charge in [0.05, 0.1) is 18.4 Å². The monoisotopic (exact) mass is 591 g/mol. The maximum absolute atomic E-state index is 13.2. The lowest BCUT2D eigenvalue weighted by molar-refractivity contribution is -0.111. The molecule has 1 aromatic heterocycles. The Hall–Kier alpha value is -5.24. The molecule has 0 aliphatic heterocycles. The van der Waals surface area contributed by atoms with Crippen LogP contribution >= 0.6 is 0 Å². The number of hydrogen-bond acceptors (Lipinski definition) is 5. The summed E-state index contributed by atoms with van der Waals surface area (Å²) in [5.74, 6) is -1.28. The molecule has 0 atom stereocenters. The van der Waals surface area contributed by atoms with Crippen LogP contribution in [0.15, 0.2) is 90.4 Å². The molecule has 1 heterocycles. The largest absolute Gasteiger partial charge is 0.465 e. The fourth-order valence-electron chi connectivity index (χ4n) is 4.95. The number of esters is 1. The van der Waals surface area contributed by atoms with Crippen molar-refractivity contribution < 1.29 is 19.1 Å². The minimum Gasteiger partial charge on any atom is -0.465 e. The van der Waals surface area contributed by atoms with Crippen molar-refractivity contribution in [2.24, 2.45) is 7.05 Å². The van der Waals surface area contributed by atoms with Crippen molar-refractivity contribution in [2.45, 2.75) is 39.5 Å². The molecular weight excluding hydrogens is 554 g/mol. The van der Waals surface area contributed by atoms with Gasteiger partial charge in [0.25, 0.3) is 11.5 Å². The number of ether oxygens (including phenoxy) is 1. The Balaban J connectivity index is 1.65. The Bertz CT molecular complexity index is 1810. The first-order chi connectivity index (χ1) is 20.8. The lowest BCUT2D eigenvalue weighted by atomic mass is 9.86. The van der Waals surface area contributed by atoms with Gasteiger partial charge in [-0.15, -0.1) is 0 Å². The van der Waals surface area contributed by atoms with Gasteiger partial charge < -0.3 is 19.9 Å². The molecule has 0 saturated carbocycles. The molecule has 3 aromatic carbocycles. The first-order valence-electron chi connectivity index (χ1n) is 14.2. The molecule has 0 bridgehead atoms. The predicted octanol–water partition coefficient (Wildman–Crippen LogP) is 6.41. The molecule has 0 aliphatic carbocycles. The van der Waals surface area contributed by atoms with Gasteiger partial charge in [-0.25, -0.2) is 4.79 Å². The molecule has 4 aromatic rings. The smallest absolute Gasteiger partial charge is 0.339 e. The second-order valence-corrected chi connectivity index (χ2v) is 11.7. The van der Waals surface area contributed by atoms with Crippen molar-refractivity contribution in [3.05, 3.63) is 129 Å². The SMILES string of the molecule is C=CC(=O)Nc1cc(Cc2cc(-c3cccc(NC(=O)c4ccc(C(C)(C)C)cc4)c3C)cn(C)c2=O)ccc1C(=O)OC. The number of aryl methyl sites for hydroxylation is 1. The highest BCUT2D eigenvalue weighted by Gasteiger charge is 2.18. The van der Waals surface area contributed by atoms with Crippen LogP contribution in [-0.2, 0) is 28.4 Å². The van der Waals surface area contributed by atoms with Crippen molar-refractivity contribution in [1.29, 1.82) is 0 Å². The number of aromatic nitrogens is 1. The number of carbonyl (C=O) groups is 3. The van der Waals surface area contributed by atoms with Gasteiger partial charge in [-0.05, 0) is 82.6 Å². The van der Waals surface area contributed by atoms with Gasteiger partial charge in [-0.2, -0.15) is 0 Å². The molecule has 0 saturated heterocycles. The Morgan fingerprint density at radius 2 is 1.66 bits per heavy atom. The van der Waals surface area contributed by atoms with Crippen LogP contribution in [0.5, 0.6) is 0 Å². The van der Waals surface area contributed by atoms with E-state index in [4.69, 9.17) is 4.74 Å². The van der Waals surface area contributed by atoms with E-state index in [-0.39, 0.29) is 34.6 Å². The Labute approximate surface area is 257 Å². The summed E-state index contributed by atoms with van der Waals surface area (Å²) in [6, 6.07) is 20.0. The number of anilines is 2. The van der Waals surface area contributed by atoms with Crippen LogP contribution in [0, 0.1) is 6.92 Å². The second kappa shape index (κ2) is 13.0. The minimum atomic E-state index is -0.599. The fraction of sp³-hybridized carbons (Fsp3) is 0.222. The topological polar surface area (TPSA) is 107 Å². The third-order valence-corrected chi connectivity index (χ3v) is 7.49. The van der Waals surface area contributed by atoms with E-state index in [0.717, 1.165) is 28.3 Å². The number of nitrogens with one attached hydrogen (secondary N) is 2. The van der Waals surface area contributed by atoms with Gasteiger partial charge in [0, 0.05) is 36.5 Å². The zero-order valence-corrected chi connectivity index (χ0v) is 25.9. The maximum atomic E-state index is 13.2. The summed E-state index contributed by atoms with van der Waals surface area (Å²) < 4.78 is 6.36. The van der Waals surface area contributed by atoms with E-state index in [0.29, 0.717) is 22.4 Å². The molecule has 8 nitrogen and oxygen atoms in total. The number of rotatable bonds is 8. The lowest BCUT2D eigenvalue weighted by Crippen LogP contribution is -2.21. The third kappa shape index (κ3) is 7.03. The number of methoxy groups -OCH3 is 1. The number of carbonyl (C=O) groups excluding carboxylic acids is 3. The predicted molar refractivity (Wildman–Crippen MR) is 174 cm³/mol. The van der Waals surface area contributed by atoms with Crippen LogP contribution in [0.1, 0.15) is 63.7 Å². The Morgan fingerprint density at radius 3 is 2.30 bits per heavy atom. The van der Waals surface area contributed by atoms with Crippen LogP contribution in [-0.4, -0.2) is 29.5 Å². The first-order valence-corrected chi connectivity index (χ1v) is 14.2. The number of benzene rings is 3. The number of pyridine rings is 1. The third-order valence-electron chi connectivity index (χ3n) is 7.49. The molecule has 2 amide bonds. The standard InChI is InChI=1S/C36H37N3O5/c1-8-32(40)37-31-19-23(12-17-29(31)35(43)44-7)18-25-20-26(21-39(6)34(25)42)28-10-9-11-30(22(28)2)38-33(41)24-13-15-27(16-14-24)36(3,4)5/h8-17,19-21H,1,18H2,2-7H3,(H,37,40)(H,38,41). The van der Waals surface area contributed by atoms with Crippen molar-refractivity contribution in [1.82, 2.24) is 4.57 Å². The molecule has 0 aliphatic rings. The zero-order chi connectivity index (χ0) is 32.2. The highest BCUT2D eigenvalue weighted by atomic mass is 16.5. The molecule has 226 valence electrons. The molecule has 0 fully saturated rings. The highest BCUT2D eigenvalue weighted by molar-refractivity contribution is 6.05. The summed E-state index contributed by atoms with van der Waals surface area (Å²) in [5.41, 5.74) is 6.40. The Kier molecular flexibility index (Phi) is 9.33. The quantitative estimate of drug-likeness (QED) is 0.182. The normalized spacial score (nSPS) is 11.0. The summed E-state index contributed by atoms with van der Waals surface area (Å²) in [6.07, 6.45) is 3.12. The number of hydrogen-bond donors (Lipinski definition) is 2. The first kappa shape index (κ1) is 31.7. The number of nitrogens with zero attached hydrogens (tertiary/aromatic N) is 1. The van der Waals surface area contributed by atoms with E-state index in [1.54, 1.807) is 31.4 Å². The van der Waals surface area contributed by atoms with Gasteiger partial charge in [0.15, 0.2) is 0 Å². The van der Waals surface area contributed by atoms with E-state index in [1.807, 2.05) is 55.5 Å². The molecule has 0 spiro atoms. The highest BCUT2D eigenvalue weighted by Crippen LogP contribution is 2.30. The molecular formula is C36H37N3O5. The molecule has 2 N–H and O–H groups in total. The van der Waals surface area contributed by atoms with E-state index in [9.17, 15) is 19.2 Å². The zero-order valence-electron chi connectivity index (χ0n) is 25.9. The van der Waals surface area contributed by atoms with Gasteiger partial charge in [0.2, 0.25) is 5.91 Å². The summed E-state index contributed by atoms with van der Waals surface area (Å²) in [6.45, 7) is 11.8.